The maximum Gasteiger partial charge on any atom is 0.324 e. The summed E-state index contributed by atoms with van der Waals surface area (Å²) < 4.78 is 13.4. The highest BCUT2D eigenvalue weighted by molar-refractivity contribution is 5.94. The van der Waals surface area contributed by atoms with E-state index in [1.807, 2.05) is 19.1 Å². The summed E-state index contributed by atoms with van der Waals surface area (Å²) >= 11 is 0. The third-order valence-corrected chi connectivity index (χ3v) is 4.33. The van der Waals surface area contributed by atoms with Crippen molar-refractivity contribution in [3.63, 3.8) is 0 Å². The minimum atomic E-state index is -0.307. The van der Waals surface area contributed by atoms with Gasteiger partial charge in [0, 0.05) is 37.6 Å². The van der Waals surface area contributed by atoms with Crippen molar-refractivity contribution >= 4 is 23.4 Å². The zero-order chi connectivity index (χ0) is 19.2. The van der Waals surface area contributed by atoms with E-state index in [9.17, 15) is 14.0 Å². The van der Waals surface area contributed by atoms with E-state index in [0.29, 0.717) is 31.9 Å². The van der Waals surface area contributed by atoms with Gasteiger partial charge in [0.2, 0.25) is 0 Å². The predicted octanol–water partition coefficient (Wildman–Crippen LogP) is 3.80. The van der Waals surface area contributed by atoms with Crippen molar-refractivity contribution in [2.24, 2.45) is 0 Å². The highest BCUT2D eigenvalue weighted by atomic mass is 19.1. The second-order valence-electron chi connectivity index (χ2n) is 6.37. The van der Waals surface area contributed by atoms with E-state index in [1.54, 1.807) is 34.1 Å². The third-order valence-electron chi connectivity index (χ3n) is 4.33. The Kier molecular flexibility index (Phi) is 5.90. The number of hydrogen-bond donors (Lipinski definition) is 2. The van der Waals surface area contributed by atoms with Crippen molar-refractivity contribution in [2.75, 3.05) is 29.9 Å². The molecule has 0 spiro atoms. The van der Waals surface area contributed by atoms with Gasteiger partial charge < -0.3 is 15.5 Å². The molecule has 0 aliphatic carbocycles. The molecule has 2 aromatic rings. The predicted molar refractivity (Wildman–Crippen MR) is 103 cm³/mol. The van der Waals surface area contributed by atoms with E-state index in [2.05, 4.69) is 10.6 Å². The number of halogens is 1. The van der Waals surface area contributed by atoms with Crippen molar-refractivity contribution in [2.45, 2.75) is 19.9 Å². The number of rotatable bonds is 5. The monoisotopic (exact) mass is 370 g/mol. The molecule has 7 heteroatoms. The summed E-state index contributed by atoms with van der Waals surface area (Å²) in [6.07, 6.45) is 0.815. The van der Waals surface area contributed by atoms with Gasteiger partial charge in [-0.2, -0.15) is 0 Å². The summed E-state index contributed by atoms with van der Waals surface area (Å²) in [4.78, 5) is 28.0. The lowest BCUT2D eigenvalue weighted by molar-refractivity contribution is 0.192. The number of nitrogens with zero attached hydrogens (tertiary/aromatic N) is 2. The van der Waals surface area contributed by atoms with Crippen molar-refractivity contribution in [1.82, 2.24) is 10.2 Å². The van der Waals surface area contributed by atoms with Crippen LogP contribution < -0.4 is 15.5 Å². The molecule has 1 aliphatic rings. The van der Waals surface area contributed by atoms with Crippen LogP contribution in [-0.4, -0.2) is 36.6 Å². The number of nitrogens with one attached hydrogen (secondary N) is 2. The summed E-state index contributed by atoms with van der Waals surface area (Å²) in [5.74, 6) is -0.307. The van der Waals surface area contributed by atoms with E-state index in [1.165, 1.54) is 12.1 Å². The molecule has 1 aliphatic heterocycles. The molecule has 3 rings (SSSR count). The van der Waals surface area contributed by atoms with Gasteiger partial charge >= 0.3 is 12.1 Å². The number of amides is 4. The van der Waals surface area contributed by atoms with Crippen LogP contribution in [0.25, 0.3) is 0 Å². The Morgan fingerprint density at radius 2 is 1.96 bits per heavy atom. The van der Waals surface area contributed by atoms with Gasteiger partial charge in [0.25, 0.3) is 0 Å². The molecule has 1 fully saturated rings. The minimum Gasteiger partial charge on any atom is -0.338 e. The Bertz CT molecular complexity index is 827. The molecule has 0 bridgehead atoms. The number of benzene rings is 2. The zero-order valence-corrected chi connectivity index (χ0v) is 15.2. The Morgan fingerprint density at radius 3 is 2.74 bits per heavy atom. The first-order chi connectivity index (χ1) is 13.1. The van der Waals surface area contributed by atoms with Crippen LogP contribution in [0, 0.1) is 5.82 Å². The molecule has 27 heavy (non-hydrogen) atoms. The van der Waals surface area contributed by atoms with Crippen molar-refractivity contribution in [3.05, 3.63) is 59.9 Å². The lowest BCUT2D eigenvalue weighted by Gasteiger charge is -2.36. The Labute approximate surface area is 158 Å². The first kappa shape index (κ1) is 18.7. The molecule has 0 atom stereocenters. The van der Waals surface area contributed by atoms with Gasteiger partial charge in [-0.25, -0.2) is 14.0 Å². The maximum atomic E-state index is 13.4. The molecule has 142 valence electrons. The van der Waals surface area contributed by atoms with E-state index in [-0.39, 0.29) is 17.9 Å². The van der Waals surface area contributed by atoms with Gasteiger partial charge in [0.05, 0.1) is 0 Å². The van der Waals surface area contributed by atoms with Gasteiger partial charge in [-0.15, -0.1) is 0 Å². The molecule has 4 amide bonds. The number of hydrogen-bond acceptors (Lipinski definition) is 2. The molecule has 1 heterocycles. The highest BCUT2D eigenvalue weighted by Gasteiger charge is 2.27. The van der Waals surface area contributed by atoms with Gasteiger partial charge in [0.15, 0.2) is 0 Å². The van der Waals surface area contributed by atoms with E-state index in [4.69, 9.17) is 0 Å². The third kappa shape index (κ3) is 4.75. The number of urea groups is 2. The molecule has 0 saturated carbocycles. The molecule has 1 saturated heterocycles. The van der Waals surface area contributed by atoms with Crippen LogP contribution in [0.15, 0.2) is 48.5 Å². The standard InChI is InChI=1S/C20H23FN4O2/c1-2-22-19(26)23-17-8-4-9-18(13-17)25-11-5-10-24(20(25)27)14-15-6-3-7-16(21)12-15/h3-4,6-9,12-13H,2,5,10-11,14H2,1H3,(H2,22,23,26). The van der Waals surface area contributed by atoms with Gasteiger partial charge in [-0.3, -0.25) is 4.90 Å². The summed E-state index contributed by atoms with van der Waals surface area (Å²) in [5.41, 5.74) is 2.10. The second-order valence-corrected chi connectivity index (χ2v) is 6.37. The van der Waals surface area contributed by atoms with Gasteiger partial charge in [0.1, 0.15) is 5.82 Å². The Balaban J connectivity index is 1.72. The topological polar surface area (TPSA) is 64.7 Å². The summed E-state index contributed by atoms with van der Waals surface area (Å²) in [5, 5.41) is 5.42. The van der Waals surface area contributed by atoms with Crippen LogP contribution in [0.2, 0.25) is 0 Å². The van der Waals surface area contributed by atoms with Crippen LogP contribution in [0.4, 0.5) is 25.4 Å². The zero-order valence-electron chi connectivity index (χ0n) is 15.2. The van der Waals surface area contributed by atoms with Crippen molar-refractivity contribution in [1.29, 1.82) is 0 Å². The van der Waals surface area contributed by atoms with E-state index in [0.717, 1.165) is 17.7 Å². The summed E-state index contributed by atoms with van der Waals surface area (Å²) in [7, 11) is 0. The van der Waals surface area contributed by atoms with Crippen molar-refractivity contribution < 1.29 is 14.0 Å². The van der Waals surface area contributed by atoms with Gasteiger partial charge in [-0.1, -0.05) is 18.2 Å². The van der Waals surface area contributed by atoms with Crippen LogP contribution in [0.3, 0.4) is 0 Å². The fourth-order valence-electron chi connectivity index (χ4n) is 3.11. The fourth-order valence-corrected chi connectivity index (χ4v) is 3.11. The average molecular weight is 370 g/mol. The molecule has 2 aromatic carbocycles. The quantitative estimate of drug-likeness (QED) is 0.841. The smallest absolute Gasteiger partial charge is 0.324 e. The lowest BCUT2D eigenvalue weighted by Crippen LogP contribution is -2.49. The largest absolute Gasteiger partial charge is 0.338 e. The fraction of sp³-hybridized carbons (Fsp3) is 0.300. The number of carbonyl (C=O) groups excluding carboxylic acids is 2. The molecule has 2 N–H and O–H groups in total. The van der Waals surface area contributed by atoms with Crippen LogP contribution in [0.5, 0.6) is 0 Å². The van der Waals surface area contributed by atoms with Crippen LogP contribution in [0.1, 0.15) is 18.9 Å². The van der Waals surface area contributed by atoms with Crippen LogP contribution in [-0.2, 0) is 6.54 Å². The second kappa shape index (κ2) is 8.53. The SMILES string of the molecule is CCNC(=O)Nc1cccc(N2CCCN(Cc3cccc(F)c3)C2=O)c1. The van der Waals surface area contributed by atoms with Crippen molar-refractivity contribution in [3.8, 4) is 0 Å². The van der Waals surface area contributed by atoms with E-state index < -0.39 is 0 Å². The molecule has 0 unspecified atom stereocenters. The lowest BCUT2D eigenvalue weighted by atomic mass is 10.1. The maximum absolute atomic E-state index is 13.4. The Morgan fingerprint density at radius 1 is 1.15 bits per heavy atom. The molecular weight excluding hydrogens is 347 g/mol. The Hall–Kier alpha value is -3.09. The highest BCUT2D eigenvalue weighted by Crippen LogP contribution is 2.24. The minimum absolute atomic E-state index is 0.124. The molecule has 0 aromatic heterocycles. The summed E-state index contributed by atoms with van der Waals surface area (Å²) in [6, 6.07) is 13.1. The first-order valence-electron chi connectivity index (χ1n) is 9.02. The average Bonchev–Trinajstić information content (AvgIpc) is 2.64. The normalized spacial score (nSPS) is 14.2. The summed E-state index contributed by atoms with van der Waals surface area (Å²) in [6.45, 7) is 3.97. The van der Waals surface area contributed by atoms with Crippen LogP contribution >= 0.6 is 0 Å². The first-order valence-corrected chi connectivity index (χ1v) is 9.02. The van der Waals surface area contributed by atoms with Gasteiger partial charge in [-0.05, 0) is 49.2 Å². The molecule has 6 nitrogen and oxygen atoms in total. The number of carbonyl (C=O) groups is 2. The molecular formula is C20H23FN4O2. The number of anilines is 2. The molecule has 0 radical (unpaired) electrons. The van der Waals surface area contributed by atoms with E-state index >= 15 is 0 Å².